The number of nitrogens with zero attached hydrogens (tertiary/aromatic N) is 3. The highest BCUT2D eigenvalue weighted by atomic mass is 35.5. The van der Waals surface area contributed by atoms with Gasteiger partial charge in [-0.15, -0.1) is 12.4 Å². The highest BCUT2D eigenvalue weighted by Crippen LogP contribution is 2.35. The Morgan fingerprint density at radius 3 is 2.67 bits per heavy atom. The molecule has 130 valence electrons. The number of carbonyl (C=O) groups excluding carboxylic acids is 1. The monoisotopic (exact) mass is 354 g/mol. The number of aromatic nitrogens is 3. The molecule has 0 spiro atoms. The summed E-state index contributed by atoms with van der Waals surface area (Å²) in [6.45, 7) is -0.525. The summed E-state index contributed by atoms with van der Waals surface area (Å²) < 4.78 is 1.57. The molecule has 0 aromatic carbocycles. The predicted molar refractivity (Wildman–Crippen MR) is 87.7 cm³/mol. The lowest BCUT2D eigenvalue weighted by Crippen LogP contribution is -2.30. The van der Waals surface area contributed by atoms with E-state index < -0.39 is 18.4 Å². The molecule has 0 unspecified atom stereocenters. The summed E-state index contributed by atoms with van der Waals surface area (Å²) in [5, 5.41) is 25.4. The highest BCUT2D eigenvalue weighted by Gasteiger charge is 2.25. The van der Waals surface area contributed by atoms with Crippen molar-refractivity contribution in [1.82, 2.24) is 19.9 Å². The van der Waals surface area contributed by atoms with Gasteiger partial charge >= 0.3 is 5.97 Å². The van der Waals surface area contributed by atoms with Crippen LogP contribution in [0, 0.1) is 0 Å². The number of pyridine rings is 1. The molecule has 3 N–H and O–H groups in total. The molecule has 24 heavy (non-hydrogen) atoms. The van der Waals surface area contributed by atoms with Crippen LogP contribution in [0.5, 0.6) is 5.75 Å². The normalized spacial score (nSPS) is 15.0. The molecule has 2 aromatic heterocycles. The highest BCUT2D eigenvalue weighted by molar-refractivity contribution is 6.03. The van der Waals surface area contributed by atoms with Crippen LogP contribution in [0.1, 0.15) is 54.1 Å². The third kappa shape index (κ3) is 3.43. The van der Waals surface area contributed by atoms with Crippen molar-refractivity contribution >= 4 is 29.9 Å². The topological polar surface area (TPSA) is 117 Å². The molecule has 3 rings (SSSR count). The molecule has 0 saturated heterocycles. The number of aromatic hydroxyl groups is 1. The van der Waals surface area contributed by atoms with Crippen molar-refractivity contribution in [2.45, 2.75) is 38.0 Å². The van der Waals surface area contributed by atoms with Gasteiger partial charge in [-0.3, -0.25) is 9.59 Å². The maximum absolute atomic E-state index is 12.2. The molecular formula is C15H19ClN4O4. The van der Waals surface area contributed by atoms with Crippen LogP contribution in [0.4, 0.5) is 0 Å². The van der Waals surface area contributed by atoms with Crippen LogP contribution in [0.15, 0.2) is 12.4 Å². The molecule has 2 heterocycles. The van der Waals surface area contributed by atoms with E-state index in [1.807, 2.05) is 0 Å². The lowest BCUT2D eigenvalue weighted by Gasteiger charge is -2.23. The number of carboxylic acid groups (broad SMARTS) is 1. The summed E-state index contributed by atoms with van der Waals surface area (Å²) in [5.41, 5.74) is 1.03. The number of carboxylic acids is 1. The van der Waals surface area contributed by atoms with E-state index in [9.17, 15) is 14.7 Å². The second-order valence-corrected chi connectivity index (χ2v) is 5.74. The van der Waals surface area contributed by atoms with Crippen molar-refractivity contribution in [3.8, 4) is 5.75 Å². The van der Waals surface area contributed by atoms with Crippen molar-refractivity contribution in [3.05, 3.63) is 23.7 Å². The second-order valence-electron chi connectivity index (χ2n) is 5.74. The lowest BCUT2D eigenvalue weighted by atomic mass is 9.86. The van der Waals surface area contributed by atoms with Gasteiger partial charge in [0.05, 0.1) is 5.69 Å². The van der Waals surface area contributed by atoms with Gasteiger partial charge in [0.15, 0.2) is 5.65 Å². The molecule has 0 atom stereocenters. The average molecular weight is 355 g/mol. The number of aliphatic carboxylic acids is 1. The van der Waals surface area contributed by atoms with E-state index in [4.69, 9.17) is 5.11 Å². The van der Waals surface area contributed by atoms with Crippen molar-refractivity contribution in [1.29, 1.82) is 0 Å². The quantitative estimate of drug-likeness (QED) is 0.769. The van der Waals surface area contributed by atoms with E-state index in [-0.39, 0.29) is 35.3 Å². The minimum Gasteiger partial charge on any atom is -0.507 e. The van der Waals surface area contributed by atoms with Crippen molar-refractivity contribution in [2.75, 3.05) is 6.54 Å². The fraction of sp³-hybridized carbons (Fsp3) is 0.467. The Labute approximate surface area is 144 Å². The van der Waals surface area contributed by atoms with Crippen LogP contribution in [-0.4, -0.2) is 43.2 Å². The third-order valence-electron chi connectivity index (χ3n) is 4.21. The molecular weight excluding hydrogens is 336 g/mol. The third-order valence-corrected chi connectivity index (χ3v) is 4.21. The number of fused-ring (bicyclic) bond motifs is 1. The van der Waals surface area contributed by atoms with Gasteiger partial charge in [0.2, 0.25) is 0 Å². The molecule has 0 radical (unpaired) electrons. The van der Waals surface area contributed by atoms with Crippen LogP contribution in [0.3, 0.4) is 0 Å². The zero-order chi connectivity index (χ0) is 16.4. The number of halogens is 1. The molecule has 0 bridgehead atoms. The molecule has 1 aliphatic carbocycles. The maximum atomic E-state index is 12.2. The lowest BCUT2D eigenvalue weighted by molar-refractivity contribution is -0.135. The summed E-state index contributed by atoms with van der Waals surface area (Å²) in [6, 6.07) is 1.55. The Balaban J connectivity index is 0.00000208. The fourth-order valence-electron chi connectivity index (χ4n) is 3.14. The van der Waals surface area contributed by atoms with Gasteiger partial charge in [0, 0.05) is 12.0 Å². The molecule has 0 aliphatic heterocycles. The van der Waals surface area contributed by atoms with E-state index in [1.54, 1.807) is 10.6 Å². The summed E-state index contributed by atoms with van der Waals surface area (Å²) in [7, 11) is 0. The van der Waals surface area contributed by atoms with Crippen LogP contribution in [0.2, 0.25) is 0 Å². The first kappa shape index (κ1) is 18.0. The standard InChI is InChI=1S/C15H18N4O4.ClH/c20-11-6-10(9-4-2-1-3-5-9)19-14(17-8-18-19)13(11)15(23)16-7-12(21)22;/h6,8-9,20H,1-5,7H2,(H,16,23)(H,21,22);1H. The molecule has 1 saturated carbocycles. The Kier molecular flexibility index (Phi) is 5.61. The van der Waals surface area contributed by atoms with Crippen LogP contribution in [0.25, 0.3) is 5.65 Å². The SMILES string of the molecule is Cl.O=C(O)CNC(=O)c1c(O)cc(C2CCCCC2)n2ncnc12. The zero-order valence-corrected chi connectivity index (χ0v) is 13.8. The van der Waals surface area contributed by atoms with Crippen molar-refractivity contribution < 1.29 is 19.8 Å². The Morgan fingerprint density at radius 1 is 1.29 bits per heavy atom. The van der Waals surface area contributed by atoms with Crippen LogP contribution in [-0.2, 0) is 4.79 Å². The minimum absolute atomic E-state index is 0. The van der Waals surface area contributed by atoms with Gasteiger partial charge < -0.3 is 15.5 Å². The molecule has 8 nitrogen and oxygen atoms in total. The van der Waals surface area contributed by atoms with Crippen LogP contribution < -0.4 is 5.32 Å². The molecule has 9 heteroatoms. The summed E-state index contributed by atoms with van der Waals surface area (Å²) in [5.74, 6) is -1.77. The average Bonchev–Trinajstić information content (AvgIpc) is 3.01. The number of rotatable bonds is 4. The summed E-state index contributed by atoms with van der Waals surface area (Å²) in [6.07, 6.45) is 6.82. The summed E-state index contributed by atoms with van der Waals surface area (Å²) >= 11 is 0. The predicted octanol–water partition coefficient (Wildman–Crippen LogP) is 1.72. The van der Waals surface area contributed by atoms with Crippen molar-refractivity contribution in [2.24, 2.45) is 0 Å². The van der Waals surface area contributed by atoms with E-state index >= 15 is 0 Å². The Bertz CT molecular complexity index is 755. The Morgan fingerprint density at radius 2 is 2.00 bits per heavy atom. The van der Waals surface area contributed by atoms with Gasteiger partial charge in [-0.05, 0) is 12.8 Å². The van der Waals surface area contributed by atoms with Crippen LogP contribution >= 0.6 is 12.4 Å². The summed E-state index contributed by atoms with van der Waals surface area (Å²) in [4.78, 5) is 26.8. The molecule has 2 aromatic rings. The first-order chi connectivity index (χ1) is 11.1. The van der Waals surface area contributed by atoms with Crippen molar-refractivity contribution in [3.63, 3.8) is 0 Å². The fourth-order valence-corrected chi connectivity index (χ4v) is 3.14. The minimum atomic E-state index is -1.16. The first-order valence-corrected chi connectivity index (χ1v) is 7.63. The Hall–Kier alpha value is -2.35. The molecule has 1 fully saturated rings. The smallest absolute Gasteiger partial charge is 0.322 e. The molecule has 1 amide bonds. The first-order valence-electron chi connectivity index (χ1n) is 7.63. The number of carbonyl (C=O) groups is 2. The van der Waals surface area contributed by atoms with Gasteiger partial charge in [-0.1, -0.05) is 19.3 Å². The zero-order valence-electron chi connectivity index (χ0n) is 12.9. The molecule has 1 aliphatic rings. The largest absolute Gasteiger partial charge is 0.507 e. The van der Waals surface area contributed by atoms with E-state index in [2.05, 4.69) is 15.4 Å². The second kappa shape index (κ2) is 7.48. The van der Waals surface area contributed by atoms with E-state index in [0.717, 1.165) is 31.4 Å². The number of nitrogens with one attached hydrogen (secondary N) is 1. The number of amides is 1. The van der Waals surface area contributed by atoms with Gasteiger partial charge in [0.1, 0.15) is 24.2 Å². The van der Waals surface area contributed by atoms with Gasteiger partial charge in [-0.2, -0.15) is 5.10 Å². The van der Waals surface area contributed by atoms with E-state index in [0.29, 0.717) is 0 Å². The maximum Gasteiger partial charge on any atom is 0.322 e. The van der Waals surface area contributed by atoms with Gasteiger partial charge in [0.25, 0.3) is 5.91 Å². The van der Waals surface area contributed by atoms with E-state index in [1.165, 1.54) is 12.7 Å². The van der Waals surface area contributed by atoms with Gasteiger partial charge in [-0.25, -0.2) is 9.50 Å². The number of hydrogen-bond donors (Lipinski definition) is 3. The number of hydrogen-bond acceptors (Lipinski definition) is 5.